The molecule has 2 N–H and O–H groups in total. The van der Waals surface area contributed by atoms with Gasteiger partial charge in [0, 0.05) is 10.6 Å². The molecule has 134 valence electrons. The summed E-state index contributed by atoms with van der Waals surface area (Å²) >= 11 is 7.27. The second kappa shape index (κ2) is 7.47. The largest absolute Gasteiger partial charge is 0.488 e. The molecule has 6 heteroatoms. The number of nitrogens with zero attached hydrogens (tertiary/aromatic N) is 1. The number of hydrogen-bond acceptors (Lipinski definition) is 4. The minimum Gasteiger partial charge on any atom is -0.488 e. The monoisotopic (exact) mass is 394 g/mol. The van der Waals surface area contributed by atoms with Crippen molar-refractivity contribution in [1.82, 2.24) is 0 Å². The van der Waals surface area contributed by atoms with Crippen LogP contribution in [0.4, 0.5) is 0 Å². The predicted molar refractivity (Wildman–Crippen MR) is 112 cm³/mol. The van der Waals surface area contributed by atoms with Crippen molar-refractivity contribution < 1.29 is 9.53 Å². The molecule has 0 aromatic heterocycles. The number of rotatable bonds is 4. The van der Waals surface area contributed by atoms with E-state index >= 15 is 0 Å². The summed E-state index contributed by atoms with van der Waals surface area (Å²) in [5.74, 6) is 0.288. The third-order valence-electron chi connectivity index (χ3n) is 4.16. The maximum Gasteiger partial charge on any atom is 0.286 e. The van der Waals surface area contributed by atoms with Crippen LogP contribution in [-0.4, -0.2) is 11.1 Å². The highest BCUT2D eigenvalue weighted by molar-refractivity contribution is 8.18. The van der Waals surface area contributed by atoms with Crippen molar-refractivity contribution in [3.8, 4) is 5.75 Å². The van der Waals surface area contributed by atoms with Crippen LogP contribution >= 0.6 is 23.4 Å². The summed E-state index contributed by atoms with van der Waals surface area (Å²) < 4.78 is 6.07. The summed E-state index contributed by atoms with van der Waals surface area (Å²) in [5.41, 5.74) is 7.41. The number of hydrogen-bond donors (Lipinski definition) is 1. The third kappa shape index (κ3) is 3.84. The molecular weight excluding hydrogens is 380 g/mol. The molecule has 0 saturated carbocycles. The lowest BCUT2D eigenvalue weighted by Crippen LogP contribution is -2.01. The summed E-state index contributed by atoms with van der Waals surface area (Å²) in [5, 5.41) is 3.12. The number of thioether (sulfide) groups is 1. The molecule has 0 atom stereocenters. The van der Waals surface area contributed by atoms with E-state index in [0.717, 1.165) is 28.1 Å². The van der Waals surface area contributed by atoms with Gasteiger partial charge in [0.25, 0.3) is 5.91 Å². The van der Waals surface area contributed by atoms with Gasteiger partial charge in [-0.15, -0.1) is 0 Å². The number of carbonyl (C=O) groups excluding carboxylic acids is 1. The van der Waals surface area contributed by atoms with Crippen molar-refractivity contribution in [1.29, 1.82) is 0 Å². The average molecular weight is 395 g/mol. The SMILES string of the molecule is NC1=NC(=O)/C(=C/c2cc(Cl)ccc2OCc2cccc3ccccc23)S1. The molecule has 1 amide bonds. The van der Waals surface area contributed by atoms with Crippen LogP contribution in [0.15, 0.2) is 70.6 Å². The Morgan fingerprint density at radius 2 is 1.93 bits per heavy atom. The molecule has 4 rings (SSSR count). The van der Waals surface area contributed by atoms with Crippen molar-refractivity contribution in [2.75, 3.05) is 0 Å². The lowest BCUT2D eigenvalue weighted by Gasteiger charge is -2.12. The van der Waals surface area contributed by atoms with Crippen LogP contribution in [0.1, 0.15) is 11.1 Å². The molecule has 3 aromatic rings. The zero-order valence-corrected chi connectivity index (χ0v) is 15.8. The first kappa shape index (κ1) is 17.6. The Kier molecular flexibility index (Phi) is 4.88. The molecule has 3 aromatic carbocycles. The molecular formula is C21H15ClN2O2S. The van der Waals surface area contributed by atoms with Gasteiger partial charge >= 0.3 is 0 Å². The summed E-state index contributed by atoms with van der Waals surface area (Å²) in [6.45, 7) is 0.402. The van der Waals surface area contributed by atoms with E-state index in [9.17, 15) is 4.79 Å². The van der Waals surface area contributed by atoms with Crippen LogP contribution in [0.2, 0.25) is 5.02 Å². The van der Waals surface area contributed by atoms with Gasteiger partial charge in [-0.2, -0.15) is 4.99 Å². The van der Waals surface area contributed by atoms with E-state index in [1.807, 2.05) is 24.3 Å². The topological polar surface area (TPSA) is 64.7 Å². The number of amidine groups is 1. The Hall–Kier alpha value is -2.76. The number of ether oxygens (including phenoxy) is 1. The molecule has 0 bridgehead atoms. The first-order valence-corrected chi connectivity index (χ1v) is 9.46. The summed E-state index contributed by atoms with van der Waals surface area (Å²) in [6, 6.07) is 19.6. The van der Waals surface area contributed by atoms with Gasteiger partial charge in [0.1, 0.15) is 12.4 Å². The fourth-order valence-electron chi connectivity index (χ4n) is 2.90. The molecule has 0 aliphatic carbocycles. The van der Waals surface area contributed by atoms with Crippen LogP contribution in [0.3, 0.4) is 0 Å². The minimum absolute atomic E-state index is 0.242. The first-order chi connectivity index (χ1) is 13.1. The van der Waals surface area contributed by atoms with Gasteiger partial charge < -0.3 is 10.5 Å². The zero-order chi connectivity index (χ0) is 18.8. The summed E-state index contributed by atoms with van der Waals surface area (Å²) in [7, 11) is 0. The lowest BCUT2D eigenvalue weighted by atomic mass is 10.1. The van der Waals surface area contributed by atoms with Gasteiger partial charge in [0.05, 0.1) is 4.91 Å². The Morgan fingerprint density at radius 1 is 1.11 bits per heavy atom. The van der Waals surface area contributed by atoms with Crippen molar-refractivity contribution in [2.24, 2.45) is 10.7 Å². The molecule has 0 spiro atoms. The van der Waals surface area contributed by atoms with Gasteiger partial charge in [-0.25, -0.2) is 0 Å². The molecule has 27 heavy (non-hydrogen) atoms. The Labute approximate surface area is 165 Å². The maximum atomic E-state index is 11.9. The van der Waals surface area contributed by atoms with Gasteiger partial charge in [0.15, 0.2) is 5.17 Å². The van der Waals surface area contributed by atoms with Crippen molar-refractivity contribution in [2.45, 2.75) is 6.61 Å². The predicted octanol–water partition coefficient (Wildman–Crippen LogP) is 5.00. The molecule has 1 heterocycles. The van der Waals surface area contributed by atoms with Crippen LogP contribution in [0.5, 0.6) is 5.75 Å². The number of halogens is 1. The highest BCUT2D eigenvalue weighted by atomic mass is 35.5. The molecule has 0 fully saturated rings. The second-order valence-electron chi connectivity index (χ2n) is 5.97. The number of fused-ring (bicyclic) bond motifs is 1. The fraction of sp³-hybridized carbons (Fsp3) is 0.0476. The van der Waals surface area contributed by atoms with E-state index < -0.39 is 0 Å². The standard InChI is InChI=1S/C21H15ClN2O2S/c22-16-8-9-18(15(10-16)11-19-20(25)24-21(23)27-19)26-12-14-6-3-5-13-4-1-2-7-17(13)14/h1-11H,12H2,(H2,23,24,25)/b19-11-. The molecule has 4 nitrogen and oxygen atoms in total. The number of amides is 1. The first-order valence-electron chi connectivity index (χ1n) is 8.27. The van der Waals surface area contributed by atoms with Gasteiger partial charge in [-0.1, -0.05) is 54.1 Å². The van der Waals surface area contributed by atoms with E-state index in [-0.39, 0.29) is 11.1 Å². The van der Waals surface area contributed by atoms with Crippen molar-refractivity contribution >= 4 is 51.3 Å². The normalized spacial score (nSPS) is 15.4. The van der Waals surface area contributed by atoms with E-state index in [4.69, 9.17) is 22.1 Å². The van der Waals surface area contributed by atoms with E-state index in [2.05, 4.69) is 23.2 Å². The number of nitrogens with two attached hydrogens (primary N) is 1. The van der Waals surface area contributed by atoms with Gasteiger partial charge in [-0.05, 0) is 52.4 Å². The van der Waals surface area contributed by atoms with Crippen LogP contribution in [0.25, 0.3) is 16.8 Å². The van der Waals surface area contributed by atoms with Gasteiger partial charge in [0.2, 0.25) is 0 Å². The number of aliphatic imine (C=N–C) groups is 1. The molecule has 0 radical (unpaired) electrons. The Bertz CT molecular complexity index is 1100. The number of carbonyl (C=O) groups is 1. The van der Waals surface area contributed by atoms with Crippen LogP contribution in [-0.2, 0) is 11.4 Å². The lowest BCUT2D eigenvalue weighted by molar-refractivity contribution is -0.113. The smallest absolute Gasteiger partial charge is 0.286 e. The van der Waals surface area contributed by atoms with Gasteiger partial charge in [-0.3, -0.25) is 4.79 Å². The second-order valence-corrected chi connectivity index (χ2v) is 7.47. The van der Waals surface area contributed by atoms with E-state index in [1.54, 1.807) is 24.3 Å². The fourth-order valence-corrected chi connectivity index (χ4v) is 3.76. The Balaban J connectivity index is 1.63. The summed E-state index contributed by atoms with van der Waals surface area (Å²) in [4.78, 5) is 16.1. The van der Waals surface area contributed by atoms with Crippen molar-refractivity contribution in [3.05, 3.63) is 81.7 Å². The highest BCUT2D eigenvalue weighted by Gasteiger charge is 2.20. The molecule has 1 aliphatic rings. The quantitative estimate of drug-likeness (QED) is 0.632. The third-order valence-corrected chi connectivity index (χ3v) is 5.21. The van der Waals surface area contributed by atoms with E-state index in [1.165, 1.54) is 0 Å². The van der Waals surface area contributed by atoms with E-state index in [0.29, 0.717) is 27.8 Å². The van der Waals surface area contributed by atoms with Crippen LogP contribution in [0, 0.1) is 0 Å². The zero-order valence-electron chi connectivity index (χ0n) is 14.2. The average Bonchev–Trinajstić information content (AvgIpc) is 2.98. The number of benzene rings is 3. The van der Waals surface area contributed by atoms with Crippen molar-refractivity contribution in [3.63, 3.8) is 0 Å². The summed E-state index contributed by atoms with van der Waals surface area (Å²) in [6.07, 6.45) is 1.71. The maximum absolute atomic E-state index is 11.9. The molecule has 0 unspecified atom stereocenters. The highest BCUT2D eigenvalue weighted by Crippen LogP contribution is 2.32. The van der Waals surface area contributed by atoms with Crippen LogP contribution < -0.4 is 10.5 Å². The minimum atomic E-state index is -0.350. The Morgan fingerprint density at radius 3 is 2.74 bits per heavy atom. The molecule has 0 saturated heterocycles. The molecule has 1 aliphatic heterocycles.